The minimum Gasteiger partial charge on any atom is -0.388 e. The van der Waals surface area contributed by atoms with Crippen LogP contribution in [0.1, 0.15) is 38.3 Å². The number of nitrogens with two attached hydrogens (primary N) is 1. The van der Waals surface area contributed by atoms with Crippen LogP contribution in [0.4, 0.5) is 5.69 Å². The van der Waals surface area contributed by atoms with Crippen molar-refractivity contribution >= 4 is 5.69 Å². The maximum Gasteiger partial charge on any atom is 0.0794 e. The van der Waals surface area contributed by atoms with E-state index in [0.717, 1.165) is 24.9 Å². The Morgan fingerprint density at radius 2 is 2.12 bits per heavy atom. The molecule has 2 rings (SSSR count). The Bertz CT molecular complexity index is 388. The van der Waals surface area contributed by atoms with E-state index in [-0.39, 0.29) is 6.04 Å². The van der Waals surface area contributed by atoms with Crippen LogP contribution in [0.2, 0.25) is 0 Å². The summed E-state index contributed by atoms with van der Waals surface area (Å²) in [5, 5.41) is 10.2. The zero-order valence-corrected chi connectivity index (χ0v) is 10.7. The maximum absolute atomic E-state index is 10.2. The molecule has 1 unspecified atom stereocenters. The van der Waals surface area contributed by atoms with Crippen LogP contribution in [-0.4, -0.2) is 23.8 Å². The highest BCUT2D eigenvalue weighted by Gasteiger charge is 2.29. The SMILES string of the molecule is C[C@@H](N)c1ccccc1N1CCCC(C)(O)C1. The largest absolute Gasteiger partial charge is 0.388 e. The molecule has 1 aliphatic rings. The van der Waals surface area contributed by atoms with Crippen LogP contribution in [0.5, 0.6) is 0 Å². The van der Waals surface area contributed by atoms with Gasteiger partial charge in [0.2, 0.25) is 0 Å². The third-order valence-electron chi connectivity index (χ3n) is 3.44. The van der Waals surface area contributed by atoms with Gasteiger partial charge in [-0.2, -0.15) is 0 Å². The Balaban J connectivity index is 2.27. The van der Waals surface area contributed by atoms with E-state index in [1.165, 1.54) is 5.69 Å². The standard InChI is InChI=1S/C14H22N2O/c1-11(15)12-6-3-4-7-13(12)16-9-5-8-14(2,17)10-16/h3-4,6-7,11,17H,5,8-10,15H2,1-2H3/t11-,14?/m1/s1. The van der Waals surface area contributed by atoms with Crippen molar-refractivity contribution in [2.24, 2.45) is 5.73 Å². The molecule has 3 nitrogen and oxygen atoms in total. The van der Waals surface area contributed by atoms with Crippen LogP contribution in [0.25, 0.3) is 0 Å². The zero-order valence-electron chi connectivity index (χ0n) is 10.7. The van der Waals surface area contributed by atoms with Crippen molar-refractivity contribution < 1.29 is 5.11 Å². The number of hydrogen-bond acceptors (Lipinski definition) is 3. The first-order valence-electron chi connectivity index (χ1n) is 6.31. The van der Waals surface area contributed by atoms with Crippen molar-refractivity contribution in [3.63, 3.8) is 0 Å². The van der Waals surface area contributed by atoms with Crippen molar-refractivity contribution in [2.45, 2.75) is 38.3 Å². The number of hydrogen-bond donors (Lipinski definition) is 2. The Hall–Kier alpha value is -1.06. The molecule has 0 saturated carbocycles. The second-order valence-electron chi connectivity index (χ2n) is 5.37. The molecule has 0 aliphatic carbocycles. The molecule has 94 valence electrons. The molecule has 3 N–H and O–H groups in total. The van der Waals surface area contributed by atoms with Gasteiger partial charge in [0, 0.05) is 24.8 Å². The minimum absolute atomic E-state index is 0.0260. The van der Waals surface area contributed by atoms with E-state index in [1.54, 1.807) is 0 Å². The number of β-amino-alcohol motifs (C(OH)–C–C–N with tert-alkyl or cyclic N) is 1. The lowest BCUT2D eigenvalue weighted by molar-refractivity contribution is 0.0449. The van der Waals surface area contributed by atoms with Gasteiger partial charge in [0.25, 0.3) is 0 Å². The molecule has 0 radical (unpaired) electrons. The van der Waals surface area contributed by atoms with Crippen molar-refractivity contribution in [3.8, 4) is 0 Å². The molecule has 1 heterocycles. The Morgan fingerprint density at radius 1 is 1.41 bits per heavy atom. The van der Waals surface area contributed by atoms with Gasteiger partial charge in [0.15, 0.2) is 0 Å². The van der Waals surface area contributed by atoms with Gasteiger partial charge in [0.05, 0.1) is 5.60 Å². The first-order chi connectivity index (χ1) is 7.99. The molecule has 0 aromatic heterocycles. The van der Waals surface area contributed by atoms with Crippen LogP contribution in [-0.2, 0) is 0 Å². The summed E-state index contributed by atoms with van der Waals surface area (Å²) < 4.78 is 0. The fourth-order valence-corrected chi connectivity index (χ4v) is 2.59. The first kappa shape index (κ1) is 12.4. The topological polar surface area (TPSA) is 49.5 Å². The van der Waals surface area contributed by atoms with E-state index in [2.05, 4.69) is 17.0 Å². The van der Waals surface area contributed by atoms with Gasteiger partial charge >= 0.3 is 0 Å². The maximum atomic E-state index is 10.2. The molecule has 1 aliphatic heterocycles. The van der Waals surface area contributed by atoms with Crippen LogP contribution in [0, 0.1) is 0 Å². The molecule has 1 aromatic carbocycles. The molecule has 3 heteroatoms. The lowest BCUT2D eigenvalue weighted by Crippen LogP contribution is -2.46. The molecule has 2 atom stereocenters. The second kappa shape index (κ2) is 4.67. The average molecular weight is 234 g/mol. The normalized spacial score (nSPS) is 26.9. The van der Waals surface area contributed by atoms with Crippen LogP contribution in [0.15, 0.2) is 24.3 Å². The summed E-state index contributed by atoms with van der Waals surface area (Å²) in [4.78, 5) is 2.25. The van der Waals surface area contributed by atoms with E-state index in [4.69, 9.17) is 5.73 Å². The molecule has 0 bridgehead atoms. The number of nitrogens with zero attached hydrogens (tertiary/aromatic N) is 1. The van der Waals surface area contributed by atoms with E-state index in [1.807, 2.05) is 26.0 Å². The van der Waals surface area contributed by atoms with Crippen molar-refractivity contribution in [1.29, 1.82) is 0 Å². The minimum atomic E-state index is -0.580. The first-order valence-corrected chi connectivity index (χ1v) is 6.31. The quantitative estimate of drug-likeness (QED) is 0.823. The number of piperidine rings is 1. The number of benzene rings is 1. The molecule has 1 saturated heterocycles. The summed E-state index contributed by atoms with van der Waals surface area (Å²) in [5.74, 6) is 0. The van der Waals surface area contributed by atoms with Crippen LogP contribution >= 0.6 is 0 Å². The number of rotatable bonds is 2. The fraction of sp³-hybridized carbons (Fsp3) is 0.571. The fourth-order valence-electron chi connectivity index (χ4n) is 2.59. The summed E-state index contributed by atoms with van der Waals surface area (Å²) >= 11 is 0. The third kappa shape index (κ3) is 2.79. The number of anilines is 1. The van der Waals surface area contributed by atoms with Gasteiger partial charge in [-0.15, -0.1) is 0 Å². The highest BCUT2D eigenvalue weighted by atomic mass is 16.3. The van der Waals surface area contributed by atoms with Crippen molar-refractivity contribution in [2.75, 3.05) is 18.0 Å². The summed E-state index contributed by atoms with van der Waals surface area (Å²) in [6.07, 6.45) is 1.91. The monoisotopic (exact) mass is 234 g/mol. The highest BCUT2D eigenvalue weighted by molar-refractivity contribution is 5.55. The molecule has 17 heavy (non-hydrogen) atoms. The van der Waals surface area contributed by atoms with Crippen molar-refractivity contribution in [3.05, 3.63) is 29.8 Å². The van der Waals surface area contributed by atoms with Crippen LogP contribution < -0.4 is 10.6 Å². The average Bonchev–Trinajstić information content (AvgIpc) is 2.27. The summed E-state index contributed by atoms with van der Waals surface area (Å²) in [6.45, 7) is 5.60. The summed E-state index contributed by atoms with van der Waals surface area (Å²) in [7, 11) is 0. The van der Waals surface area contributed by atoms with Gasteiger partial charge in [0.1, 0.15) is 0 Å². The van der Waals surface area contributed by atoms with E-state index >= 15 is 0 Å². The predicted molar refractivity (Wildman–Crippen MR) is 71.1 cm³/mol. The molecule has 0 amide bonds. The van der Waals surface area contributed by atoms with Gasteiger partial charge in [-0.1, -0.05) is 18.2 Å². The Labute approximate surface area is 103 Å². The van der Waals surface area contributed by atoms with E-state index in [9.17, 15) is 5.11 Å². The zero-order chi connectivity index (χ0) is 12.5. The van der Waals surface area contributed by atoms with Gasteiger partial charge < -0.3 is 15.7 Å². The smallest absolute Gasteiger partial charge is 0.0794 e. The predicted octanol–water partition coefficient (Wildman–Crippen LogP) is 2.06. The van der Waals surface area contributed by atoms with Crippen LogP contribution in [0.3, 0.4) is 0 Å². The van der Waals surface area contributed by atoms with Gasteiger partial charge in [-0.3, -0.25) is 0 Å². The summed E-state index contributed by atoms with van der Waals surface area (Å²) in [6, 6.07) is 8.25. The Morgan fingerprint density at radius 3 is 2.76 bits per heavy atom. The molecule has 1 fully saturated rings. The van der Waals surface area contributed by atoms with E-state index < -0.39 is 5.60 Å². The number of para-hydroxylation sites is 1. The lowest BCUT2D eigenvalue weighted by atomic mass is 9.93. The third-order valence-corrected chi connectivity index (χ3v) is 3.44. The molecular weight excluding hydrogens is 212 g/mol. The Kier molecular flexibility index (Phi) is 3.40. The molecule has 0 spiro atoms. The van der Waals surface area contributed by atoms with Gasteiger partial charge in [-0.05, 0) is 38.3 Å². The van der Waals surface area contributed by atoms with E-state index in [0.29, 0.717) is 6.54 Å². The summed E-state index contributed by atoms with van der Waals surface area (Å²) in [5.41, 5.74) is 7.75. The molecule has 1 aromatic rings. The van der Waals surface area contributed by atoms with Gasteiger partial charge in [-0.25, -0.2) is 0 Å². The number of aliphatic hydroxyl groups is 1. The molecular formula is C14H22N2O. The lowest BCUT2D eigenvalue weighted by Gasteiger charge is -2.39. The highest BCUT2D eigenvalue weighted by Crippen LogP contribution is 2.30. The second-order valence-corrected chi connectivity index (χ2v) is 5.37. The van der Waals surface area contributed by atoms with Crippen molar-refractivity contribution in [1.82, 2.24) is 0 Å².